The molecule has 1 rings (SSSR count). The molecular formula is C12H17BrN2O3. The van der Waals surface area contributed by atoms with Crippen LogP contribution in [0.4, 0.5) is 0 Å². The number of nitrogens with two attached hydrogens (primary N) is 1. The van der Waals surface area contributed by atoms with Gasteiger partial charge >= 0.3 is 0 Å². The maximum atomic E-state index is 10.7. The van der Waals surface area contributed by atoms with Crippen molar-refractivity contribution in [3.8, 4) is 5.75 Å². The zero-order valence-corrected chi connectivity index (χ0v) is 11.8. The molecule has 0 atom stereocenters. The van der Waals surface area contributed by atoms with Crippen LogP contribution in [0.5, 0.6) is 5.75 Å². The Bertz CT molecular complexity index is 399. The van der Waals surface area contributed by atoms with E-state index in [2.05, 4.69) is 21.2 Å². The Labute approximate surface area is 115 Å². The number of nitrogens with one attached hydrogen (secondary N) is 1. The minimum absolute atomic E-state index is 0.118. The smallest absolute Gasteiger partial charge is 0.255 e. The van der Waals surface area contributed by atoms with Gasteiger partial charge in [0.1, 0.15) is 5.75 Å². The van der Waals surface area contributed by atoms with Crippen LogP contribution in [0.3, 0.4) is 0 Å². The maximum Gasteiger partial charge on any atom is 0.255 e. The third-order valence-electron chi connectivity index (χ3n) is 2.19. The number of methoxy groups -OCH3 is 1. The van der Waals surface area contributed by atoms with Crippen molar-refractivity contribution < 1.29 is 14.3 Å². The van der Waals surface area contributed by atoms with Crippen LogP contribution in [0.25, 0.3) is 0 Å². The molecule has 5 nitrogen and oxygen atoms in total. The Kier molecular flexibility index (Phi) is 6.70. The lowest BCUT2D eigenvalue weighted by Gasteiger charge is -2.11. The van der Waals surface area contributed by atoms with Crippen molar-refractivity contribution in [2.75, 3.05) is 26.9 Å². The summed E-state index contributed by atoms with van der Waals surface area (Å²) in [4.78, 5) is 10.7. The van der Waals surface area contributed by atoms with Gasteiger partial charge in [-0.2, -0.15) is 0 Å². The van der Waals surface area contributed by atoms with Crippen molar-refractivity contribution in [2.45, 2.75) is 6.54 Å². The average Bonchev–Trinajstić information content (AvgIpc) is 2.33. The monoisotopic (exact) mass is 316 g/mol. The van der Waals surface area contributed by atoms with Crippen LogP contribution >= 0.6 is 15.9 Å². The van der Waals surface area contributed by atoms with E-state index in [0.29, 0.717) is 18.9 Å². The summed E-state index contributed by atoms with van der Waals surface area (Å²) in [6.45, 7) is 1.91. The Balaban J connectivity index is 2.61. The molecule has 0 aliphatic rings. The summed E-state index contributed by atoms with van der Waals surface area (Å²) >= 11 is 3.40. The molecule has 0 bridgehead atoms. The second kappa shape index (κ2) is 8.07. The molecule has 0 saturated carbocycles. The number of ether oxygens (including phenoxy) is 2. The number of rotatable bonds is 8. The normalized spacial score (nSPS) is 10.3. The Morgan fingerprint density at radius 1 is 1.50 bits per heavy atom. The predicted octanol–water partition coefficient (Wildman–Crippen LogP) is 1.05. The number of halogens is 1. The molecule has 1 amide bonds. The summed E-state index contributed by atoms with van der Waals surface area (Å²) in [6.07, 6.45) is 0. The van der Waals surface area contributed by atoms with Crippen LogP contribution < -0.4 is 15.8 Å². The van der Waals surface area contributed by atoms with Gasteiger partial charge in [0.15, 0.2) is 6.61 Å². The number of carbonyl (C=O) groups excluding carboxylic acids is 1. The van der Waals surface area contributed by atoms with Gasteiger partial charge in [0.25, 0.3) is 5.91 Å². The Hall–Kier alpha value is -1.11. The lowest BCUT2D eigenvalue weighted by atomic mass is 10.2. The molecule has 0 aliphatic heterocycles. The molecule has 1 aromatic carbocycles. The zero-order valence-electron chi connectivity index (χ0n) is 10.2. The summed E-state index contributed by atoms with van der Waals surface area (Å²) < 4.78 is 11.2. The van der Waals surface area contributed by atoms with Crippen molar-refractivity contribution in [2.24, 2.45) is 5.73 Å². The fourth-order valence-electron chi connectivity index (χ4n) is 1.37. The molecule has 0 radical (unpaired) electrons. The van der Waals surface area contributed by atoms with Crippen LogP contribution in [-0.4, -0.2) is 32.8 Å². The minimum Gasteiger partial charge on any atom is -0.483 e. The Morgan fingerprint density at radius 3 is 2.94 bits per heavy atom. The number of carbonyl (C=O) groups is 1. The van der Waals surface area contributed by atoms with Crippen molar-refractivity contribution in [1.29, 1.82) is 0 Å². The van der Waals surface area contributed by atoms with Gasteiger partial charge in [-0.3, -0.25) is 4.79 Å². The quantitative estimate of drug-likeness (QED) is 0.703. The molecule has 3 N–H and O–H groups in total. The van der Waals surface area contributed by atoms with E-state index >= 15 is 0 Å². The van der Waals surface area contributed by atoms with Gasteiger partial charge in [-0.15, -0.1) is 0 Å². The first-order valence-electron chi connectivity index (χ1n) is 5.52. The van der Waals surface area contributed by atoms with E-state index in [-0.39, 0.29) is 6.61 Å². The molecule has 0 aromatic heterocycles. The van der Waals surface area contributed by atoms with E-state index in [9.17, 15) is 4.79 Å². The van der Waals surface area contributed by atoms with E-state index in [1.165, 1.54) is 0 Å². The minimum atomic E-state index is -0.490. The molecule has 18 heavy (non-hydrogen) atoms. The number of benzene rings is 1. The lowest BCUT2D eigenvalue weighted by Crippen LogP contribution is -2.22. The number of hydrogen-bond donors (Lipinski definition) is 2. The number of primary amides is 1. The highest BCUT2D eigenvalue weighted by Gasteiger charge is 2.06. The summed E-state index contributed by atoms with van der Waals surface area (Å²) in [7, 11) is 1.65. The Morgan fingerprint density at radius 2 is 2.28 bits per heavy atom. The third-order valence-corrected chi connectivity index (χ3v) is 2.68. The highest BCUT2D eigenvalue weighted by molar-refractivity contribution is 9.10. The second-order valence-electron chi connectivity index (χ2n) is 3.68. The fraction of sp³-hybridized carbons (Fsp3) is 0.417. The van der Waals surface area contributed by atoms with E-state index in [1.807, 2.05) is 12.1 Å². The second-order valence-corrected chi connectivity index (χ2v) is 4.59. The zero-order chi connectivity index (χ0) is 13.4. The highest BCUT2D eigenvalue weighted by Crippen LogP contribution is 2.23. The fourth-order valence-corrected chi connectivity index (χ4v) is 1.78. The molecular weight excluding hydrogens is 300 g/mol. The van der Waals surface area contributed by atoms with Crippen LogP contribution in [0.2, 0.25) is 0 Å². The van der Waals surface area contributed by atoms with Crippen LogP contribution in [0.1, 0.15) is 5.56 Å². The number of amides is 1. The molecule has 0 heterocycles. The molecule has 0 unspecified atom stereocenters. The lowest BCUT2D eigenvalue weighted by molar-refractivity contribution is -0.119. The molecule has 0 saturated heterocycles. The molecule has 100 valence electrons. The van der Waals surface area contributed by atoms with E-state index in [4.69, 9.17) is 15.2 Å². The highest BCUT2D eigenvalue weighted by atomic mass is 79.9. The van der Waals surface area contributed by atoms with Gasteiger partial charge in [0, 0.05) is 30.2 Å². The third kappa shape index (κ3) is 5.48. The van der Waals surface area contributed by atoms with Gasteiger partial charge in [0.2, 0.25) is 0 Å². The number of hydrogen-bond acceptors (Lipinski definition) is 4. The van der Waals surface area contributed by atoms with Crippen molar-refractivity contribution in [3.05, 3.63) is 28.2 Å². The van der Waals surface area contributed by atoms with Gasteiger partial charge in [-0.25, -0.2) is 0 Å². The summed E-state index contributed by atoms with van der Waals surface area (Å²) in [5.41, 5.74) is 6.01. The first kappa shape index (κ1) is 14.9. The van der Waals surface area contributed by atoms with Crippen LogP contribution in [0.15, 0.2) is 22.7 Å². The summed E-state index contributed by atoms with van der Waals surface area (Å²) in [5.74, 6) is 0.165. The van der Waals surface area contributed by atoms with Crippen molar-refractivity contribution >= 4 is 21.8 Å². The summed E-state index contributed by atoms with van der Waals surface area (Å²) in [5, 5.41) is 3.22. The first-order valence-corrected chi connectivity index (χ1v) is 6.32. The van der Waals surface area contributed by atoms with Crippen LogP contribution in [0, 0.1) is 0 Å². The van der Waals surface area contributed by atoms with Crippen molar-refractivity contribution in [1.82, 2.24) is 5.32 Å². The van der Waals surface area contributed by atoms with Crippen LogP contribution in [-0.2, 0) is 16.1 Å². The molecule has 6 heteroatoms. The topological polar surface area (TPSA) is 73.6 Å². The van der Waals surface area contributed by atoms with Gasteiger partial charge in [-0.05, 0) is 18.2 Å². The van der Waals surface area contributed by atoms with Gasteiger partial charge in [0.05, 0.1) is 6.61 Å². The standard InChI is InChI=1S/C12H17BrN2O3/c1-17-5-4-15-7-9-6-10(13)2-3-11(9)18-8-12(14)16/h2-3,6,15H,4-5,7-8H2,1H3,(H2,14,16). The van der Waals surface area contributed by atoms with E-state index < -0.39 is 5.91 Å². The van der Waals surface area contributed by atoms with E-state index in [0.717, 1.165) is 16.6 Å². The van der Waals surface area contributed by atoms with Gasteiger partial charge in [-0.1, -0.05) is 15.9 Å². The first-order chi connectivity index (χ1) is 8.63. The average molecular weight is 317 g/mol. The predicted molar refractivity (Wildman–Crippen MR) is 72.4 cm³/mol. The molecule has 1 aromatic rings. The van der Waals surface area contributed by atoms with Crippen molar-refractivity contribution in [3.63, 3.8) is 0 Å². The maximum absolute atomic E-state index is 10.7. The molecule has 0 aliphatic carbocycles. The largest absolute Gasteiger partial charge is 0.483 e. The van der Waals surface area contributed by atoms with E-state index in [1.54, 1.807) is 13.2 Å². The summed E-state index contributed by atoms with van der Waals surface area (Å²) in [6, 6.07) is 5.60. The molecule has 0 spiro atoms. The SMILES string of the molecule is COCCNCc1cc(Br)ccc1OCC(N)=O. The van der Waals surface area contributed by atoms with Gasteiger partial charge < -0.3 is 20.5 Å². The molecule has 0 fully saturated rings.